The lowest BCUT2D eigenvalue weighted by molar-refractivity contribution is 0.0943. The topological polar surface area (TPSA) is 54.3 Å². The monoisotopic (exact) mass is 300 g/mol. The maximum atomic E-state index is 12.4. The van der Waals surface area contributed by atoms with E-state index in [-0.39, 0.29) is 12.1 Å². The summed E-state index contributed by atoms with van der Waals surface area (Å²) in [7, 11) is 0. The second-order valence-electron chi connectivity index (χ2n) is 5.39. The summed E-state index contributed by atoms with van der Waals surface area (Å²) in [5.74, 6) is 0.819. The first kappa shape index (κ1) is 12.7. The number of rotatable bonds is 2. The van der Waals surface area contributed by atoms with E-state index in [9.17, 15) is 4.79 Å². The van der Waals surface area contributed by atoms with Gasteiger partial charge in [-0.15, -0.1) is 11.3 Å². The van der Waals surface area contributed by atoms with Gasteiger partial charge < -0.3 is 15.1 Å². The van der Waals surface area contributed by atoms with Gasteiger partial charge in [0, 0.05) is 4.88 Å². The summed E-state index contributed by atoms with van der Waals surface area (Å²) in [6, 6.07) is 3.73. The molecule has 108 valence electrons. The molecule has 0 aromatic carbocycles. The van der Waals surface area contributed by atoms with Crippen molar-refractivity contribution in [3.8, 4) is 0 Å². The molecule has 1 unspecified atom stereocenters. The molecule has 2 aromatic heterocycles. The first-order valence-corrected chi connectivity index (χ1v) is 8.06. The minimum atomic E-state index is -0.185. The molecule has 2 aliphatic rings. The molecule has 0 saturated heterocycles. The summed E-state index contributed by atoms with van der Waals surface area (Å²) in [4.78, 5) is 13.8. The van der Waals surface area contributed by atoms with E-state index >= 15 is 0 Å². The van der Waals surface area contributed by atoms with E-state index in [1.54, 1.807) is 17.6 Å². The summed E-state index contributed by atoms with van der Waals surface area (Å²) >= 11 is 1.74. The normalized spacial score (nSPS) is 20.8. The zero-order valence-electron chi connectivity index (χ0n) is 11.5. The molecule has 4 nitrogen and oxygen atoms in total. The van der Waals surface area contributed by atoms with Gasteiger partial charge in [0.05, 0.1) is 11.8 Å². The molecule has 2 N–H and O–H groups in total. The van der Waals surface area contributed by atoms with Crippen molar-refractivity contribution in [3.63, 3.8) is 0 Å². The fourth-order valence-electron chi connectivity index (χ4n) is 2.97. The zero-order valence-corrected chi connectivity index (χ0v) is 12.3. The summed E-state index contributed by atoms with van der Waals surface area (Å²) in [6.07, 6.45) is 9.79. The molecule has 0 fully saturated rings. The highest BCUT2D eigenvalue weighted by Crippen LogP contribution is 2.39. The molecule has 1 aliphatic heterocycles. The average Bonchev–Trinajstić information content (AvgIpc) is 3.12. The van der Waals surface area contributed by atoms with Crippen LogP contribution in [0.1, 0.15) is 39.4 Å². The molecule has 1 amide bonds. The van der Waals surface area contributed by atoms with Crippen molar-refractivity contribution < 1.29 is 9.21 Å². The highest BCUT2D eigenvalue weighted by Gasteiger charge is 2.30. The maximum absolute atomic E-state index is 12.4. The minimum Gasteiger partial charge on any atom is -0.465 e. The van der Waals surface area contributed by atoms with Gasteiger partial charge in [-0.3, -0.25) is 4.79 Å². The molecule has 4 rings (SSSR count). The molecule has 0 radical (unpaired) electrons. The van der Waals surface area contributed by atoms with Gasteiger partial charge in [0.2, 0.25) is 0 Å². The highest BCUT2D eigenvalue weighted by molar-refractivity contribution is 7.16. The zero-order chi connectivity index (χ0) is 14.2. The standard InChI is InChI=1S/C16H16N2O2S/c19-15-14-11-5-1-2-6-12(11)21-16(14)18-13(17-15)8-7-10-4-3-9-20-10/h3-4,7-9,13,18H,1-2,5-6H2,(H,17,19). The molecular weight excluding hydrogens is 284 g/mol. The Morgan fingerprint density at radius 2 is 2.19 bits per heavy atom. The number of furan rings is 1. The molecule has 0 saturated carbocycles. The maximum Gasteiger partial charge on any atom is 0.256 e. The minimum absolute atomic E-state index is 0.0391. The third-order valence-electron chi connectivity index (χ3n) is 3.97. The molecule has 21 heavy (non-hydrogen) atoms. The number of amides is 1. The second kappa shape index (κ2) is 5.07. The molecule has 2 aromatic rings. The Balaban J connectivity index is 1.60. The van der Waals surface area contributed by atoms with Crippen LogP contribution in [0.2, 0.25) is 0 Å². The van der Waals surface area contributed by atoms with Gasteiger partial charge in [0.25, 0.3) is 5.91 Å². The predicted octanol–water partition coefficient (Wildman–Crippen LogP) is 3.41. The Morgan fingerprint density at radius 3 is 3.05 bits per heavy atom. The van der Waals surface area contributed by atoms with E-state index in [1.165, 1.54) is 23.3 Å². The van der Waals surface area contributed by atoms with Crippen molar-refractivity contribution in [2.75, 3.05) is 5.32 Å². The van der Waals surface area contributed by atoms with Gasteiger partial charge >= 0.3 is 0 Å². The average molecular weight is 300 g/mol. The van der Waals surface area contributed by atoms with Crippen molar-refractivity contribution in [1.29, 1.82) is 0 Å². The van der Waals surface area contributed by atoms with Crippen molar-refractivity contribution >= 4 is 28.3 Å². The Morgan fingerprint density at radius 1 is 1.29 bits per heavy atom. The van der Waals surface area contributed by atoms with Crippen LogP contribution >= 0.6 is 11.3 Å². The lowest BCUT2D eigenvalue weighted by Crippen LogP contribution is -2.43. The Hall–Kier alpha value is -2.01. The molecule has 5 heteroatoms. The van der Waals surface area contributed by atoms with Gasteiger partial charge in [-0.2, -0.15) is 0 Å². The summed E-state index contributed by atoms with van der Waals surface area (Å²) in [6.45, 7) is 0. The predicted molar refractivity (Wildman–Crippen MR) is 83.6 cm³/mol. The fourth-order valence-corrected chi connectivity index (χ4v) is 4.30. The van der Waals surface area contributed by atoms with Crippen LogP contribution in [0, 0.1) is 0 Å². The fraction of sp³-hybridized carbons (Fsp3) is 0.312. The van der Waals surface area contributed by atoms with Crippen molar-refractivity contribution in [2.24, 2.45) is 0 Å². The van der Waals surface area contributed by atoms with Gasteiger partial charge in [-0.05, 0) is 55.5 Å². The van der Waals surface area contributed by atoms with Crippen LogP contribution in [0.25, 0.3) is 6.08 Å². The van der Waals surface area contributed by atoms with Crippen molar-refractivity contribution in [1.82, 2.24) is 5.32 Å². The summed E-state index contributed by atoms with van der Waals surface area (Å²) in [5, 5.41) is 7.42. The second-order valence-corrected chi connectivity index (χ2v) is 6.49. The quantitative estimate of drug-likeness (QED) is 0.893. The number of aryl methyl sites for hydroxylation is 1. The number of nitrogens with one attached hydrogen (secondary N) is 2. The number of carbonyl (C=O) groups is 1. The van der Waals surface area contributed by atoms with Crippen LogP contribution < -0.4 is 10.6 Å². The van der Waals surface area contributed by atoms with E-state index in [1.807, 2.05) is 24.3 Å². The number of fused-ring (bicyclic) bond motifs is 3. The van der Waals surface area contributed by atoms with Gasteiger partial charge in [0.15, 0.2) is 0 Å². The Kier molecular flexibility index (Phi) is 3.07. The molecule has 1 atom stereocenters. The van der Waals surface area contributed by atoms with E-state index in [4.69, 9.17) is 4.42 Å². The van der Waals surface area contributed by atoms with Gasteiger partial charge in [0.1, 0.15) is 16.9 Å². The van der Waals surface area contributed by atoms with Crippen LogP contribution in [-0.4, -0.2) is 12.1 Å². The summed E-state index contributed by atoms with van der Waals surface area (Å²) in [5.41, 5.74) is 2.14. The lowest BCUT2D eigenvalue weighted by atomic mass is 9.94. The first-order chi connectivity index (χ1) is 10.3. The molecule has 0 spiro atoms. The Labute approximate surface area is 126 Å². The number of hydrogen-bond donors (Lipinski definition) is 2. The lowest BCUT2D eigenvalue weighted by Gasteiger charge is -2.24. The smallest absolute Gasteiger partial charge is 0.256 e. The summed E-state index contributed by atoms with van der Waals surface area (Å²) < 4.78 is 5.26. The van der Waals surface area contributed by atoms with Crippen LogP contribution in [0.4, 0.5) is 5.00 Å². The number of carbonyl (C=O) groups excluding carboxylic acids is 1. The van der Waals surface area contributed by atoms with Crippen LogP contribution in [0.5, 0.6) is 0 Å². The molecular formula is C16H16N2O2S. The van der Waals surface area contributed by atoms with Crippen LogP contribution in [0.3, 0.4) is 0 Å². The first-order valence-electron chi connectivity index (χ1n) is 7.25. The third kappa shape index (κ3) is 2.27. The number of thiophene rings is 1. The van der Waals surface area contributed by atoms with Gasteiger partial charge in [-0.25, -0.2) is 0 Å². The van der Waals surface area contributed by atoms with E-state index in [2.05, 4.69) is 10.6 Å². The largest absolute Gasteiger partial charge is 0.465 e. The highest BCUT2D eigenvalue weighted by atomic mass is 32.1. The van der Waals surface area contributed by atoms with E-state index < -0.39 is 0 Å². The van der Waals surface area contributed by atoms with Crippen molar-refractivity contribution in [3.05, 3.63) is 46.2 Å². The molecule has 1 aliphatic carbocycles. The van der Waals surface area contributed by atoms with Gasteiger partial charge in [-0.1, -0.05) is 0 Å². The number of hydrogen-bond acceptors (Lipinski definition) is 4. The van der Waals surface area contributed by atoms with E-state index in [0.717, 1.165) is 29.2 Å². The third-order valence-corrected chi connectivity index (χ3v) is 5.19. The van der Waals surface area contributed by atoms with Crippen LogP contribution in [-0.2, 0) is 12.8 Å². The van der Waals surface area contributed by atoms with Crippen LogP contribution in [0.15, 0.2) is 28.9 Å². The SMILES string of the molecule is O=C1NC(C=Cc2ccco2)Nc2sc3c(c21)CCCC3. The van der Waals surface area contributed by atoms with E-state index in [0.29, 0.717) is 0 Å². The Bertz CT molecular complexity index is 700. The number of anilines is 1. The molecule has 3 heterocycles. The van der Waals surface area contributed by atoms with Crippen molar-refractivity contribution in [2.45, 2.75) is 31.8 Å². The molecule has 0 bridgehead atoms.